The lowest BCUT2D eigenvalue weighted by atomic mass is 10.2. The van der Waals surface area contributed by atoms with E-state index in [2.05, 4.69) is 21.2 Å². The van der Waals surface area contributed by atoms with Gasteiger partial charge >= 0.3 is 6.09 Å². The Balaban J connectivity index is 2.03. The average Bonchev–Trinajstić information content (AvgIpc) is 2.73. The molecule has 0 bridgehead atoms. The summed E-state index contributed by atoms with van der Waals surface area (Å²) in [6.45, 7) is 6.55. The summed E-state index contributed by atoms with van der Waals surface area (Å²) in [5.74, 6) is 0. The van der Waals surface area contributed by atoms with Crippen LogP contribution in [0, 0.1) is 0 Å². The summed E-state index contributed by atoms with van der Waals surface area (Å²) in [7, 11) is 0. The molecule has 0 spiro atoms. The van der Waals surface area contributed by atoms with Crippen molar-refractivity contribution in [3.05, 3.63) is 34.4 Å². The zero-order chi connectivity index (χ0) is 16.3. The van der Waals surface area contributed by atoms with E-state index in [1.807, 2.05) is 43.7 Å². The molecule has 22 heavy (non-hydrogen) atoms. The van der Waals surface area contributed by atoms with Crippen molar-refractivity contribution < 1.29 is 14.3 Å². The van der Waals surface area contributed by atoms with E-state index < -0.39 is 11.7 Å². The molecular weight excluding hydrogens is 348 g/mol. The smallest absolute Gasteiger partial charge is 0.407 e. The number of carbonyl (C=O) groups is 2. The van der Waals surface area contributed by atoms with Crippen LogP contribution in [-0.4, -0.2) is 29.1 Å². The Hall–Kier alpha value is -1.82. The number of aldehydes is 1. The number of carbonyl (C=O) groups excluding carboxylic acids is 2. The first-order chi connectivity index (χ1) is 10.3. The lowest BCUT2D eigenvalue weighted by Crippen LogP contribution is -2.34. The highest BCUT2D eigenvalue weighted by Gasteiger charge is 2.15. The summed E-state index contributed by atoms with van der Waals surface area (Å²) in [4.78, 5) is 22.5. The summed E-state index contributed by atoms with van der Waals surface area (Å²) >= 11 is 3.49. The van der Waals surface area contributed by atoms with Crippen LogP contribution >= 0.6 is 15.9 Å². The second-order valence-corrected chi connectivity index (χ2v) is 6.85. The molecule has 1 heterocycles. The zero-order valence-corrected chi connectivity index (χ0v) is 14.4. The van der Waals surface area contributed by atoms with Crippen molar-refractivity contribution in [1.29, 1.82) is 0 Å². The van der Waals surface area contributed by atoms with E-state index in [0.717, 1.165) is 21.7 Å². The Morgan fingerprint density at radius 1 is 1.41 bits per heavy atom. The number of aromatic nitrogens is 1. The van der Waals surface area contributed by atoms with E-state index in [-0.39, 0.29) is 0 Å². The molecule has 2 aromatic rings. The number of nitrogens with zero attached hydrogens (tertiary/aromatic N) is 1. The molecule has 0 atom stereocenters. The third-order valence-electron chi connectivity index (χ3n) is 3.01. The van der Waals surface area contributed by atoms with Gasteiger partial charge in [-0.3, -0.25) is 4.79 Å². The fraction of sp³-hybridized carbons (Fsp3) is 0.375. The minimum Gasteiger partial charge on any atom is -0.444 e. The minimum absolute atomic E-state index is 0.425. The van der Waals surface area contributed by atoms with Crippen molar-refractivity contribution in [2.45, 2.75) is 32.9 Å². The molecule has 0 aliphatic heterocycles. The largest absolute Gasteiger partial charge is 0.444 e. The van der Waals surface area contributed by atoms with Gasteiger partial charge in [0.15, 0.2) is 0 Å². The predicted octanol–water partition coefficient (Wildman–Crippen LogP) is 3.74. The van der Waals surface area contributed by atoms with Crippen molar-refractivity contribution in [3.63, 3.8) is 0 Å². The molecule has 0 aliphatic carbocycles. The number of benzene rings is 1. The van der Waals surface area contributed by atoms with Gasteiger partial charge in [-0.25, -0.2) is 4.79 Å². The minimum atomic E-state index is -0.501. The molecule has 2 rings (SSSR count). The number of rotatable bonds is 4. The quantitative estimate of drug-likeness (QED) is 0.838. The van der Waals surface area contributed by atoms with Gasteiger partial charge in [0.25, 0.3) is 0 Å². The molecule has 1 aromatic carbocycles. The number of fused-ring (bicyclic) bond motifs is 1. The Bertz CT molecular complexity index is 701. The highest BCUT2D eigenvalue weighted by atomic mass is 79.9. The number of hydrogen-bond acceptors (Lipinski definition) is 3. The van der Waals surface area contributed by atoms with Gasteiger partial charge in [-0.1, -0.05) is 0 Å². The van der Waals surface area contributed by atoms with Gasteiger partial charge in [0.1, 0.15) is 11.9 Å². The van der Waals surface area contributed by atoms with Crippen LogP contribution in [0.5, 0.6) is 0 Å². The van der Waals surface area contributed by atoms with Gasteiger partial charge in [-0.05, 0) is 54.9 Å². The molecule has 1 N–H and O–H groups in total. The molecule has 0 radical (unpaired) electrons. The maximum atomic E-state index is 11.6. The zero-order valence-electron chi connectivity index (χ0n) is 12.9. The van der Waals surface area contributed by atoms with Crippen LogP contribution in [0.1, 0.15) is 31.1 Å². The number of ether oxygens (including phenoxy) is 1. The number of halogens is 1. The Kier molecular flexibility index (Phi) is 4.90. The maximum Gasteiger partial charge on any atom is 0.407 e. The molecular formula is C16H19BrN2O3. The second-order valence-electron chi connectivity index (χ2n) is 5.99. The molecule has 0 saturated carbocycles. The molecule has 118 valence electrons. The van der Waals surface area contributed by atoms with Crippen molar-refractivity contribution in [3.8, 4) is 0 Å². The van der Waals surface area contributed by atoms with Gasteiger partial charge < -0.3 is 14.6 Å². The fourth-order valence-corrected chi connectivity index (χ4v) is 2.69. The first-order valence-electron chi connectivity index (χ1n) is 7.00. The van der Waals surface area contributed by atoms with E-state index in [4.69, 9.17) is 4.74 Å². The molecule has 0 saturated heterocycles. The number of amides is 1. The molecule has 1 amide bonds. The average molecular weight is 367 g/mol. The molecule has 6 heteroatoms. The van der Waals surface area contributed by atoms with Crippen molar-refractivity contribution in [1.82, 2.24) is 9.88 Å². The fourth-order valence-electron chi connectivity index (χ4n) is 2.12. The highest BCUT2D eigenvalue weighted by molar-refractivity contribution is 9.10. The Morgan fingerprint density at radius 3 is 2.77 bits per heavy atom. The van der Waals surface area contributed by atoms with Crippen LogP contribution in [0.15, 0.2) is 28.9 Å². The van der Waals surface area contributed by atoms with E-state index in [9.17, 15) is 9.59 Å². The standard InChI is InChI=1S/C16H19BrN2O3/c1-16(2,3)22-15(21)18-6-7-19-9-13(17)12-8-11(10-20)4-5-14(12)19/h4-5,8-10H,6-7H2,1-3H3,(H,18,21). The Labute approximate surface area is 137 Å². The third-order valence-corrected chi connectivity index (χ3v) is 3.65. The summed E-state index contributed by atoms with van der Waals surface area (Å²) in [5, 5.41) is 3.70. The first kappa shape index (κ1) is 16.5. The van der Waals surface area contributed by atoms with Crippen LogP contribution in [0.4, 0.5) is 4.79 Å². The lowest BCUT2D eigenvalue weighted by Gasteiger charge is -2.19. The van der Waals surface area contributed by atoms with E-state index in [1.54, 1.807) is 6.07 Å². The summed E-state index contributed by atoms with van der Waals surface area (Å²) in [6.07, 6.45) is 2.34. The summed E-state index contributed by atoms with van der Waals surface area (Å²) in [5.41, 5.74) is 1.14. The van der Waals surface area contributed by atoms with E-state index in [1.165, 1.54) is 0 Å². The van der Waals surface area contributed by atoms with Crippen LogP contribution in [0.3, 0.4) is 0 Å². The van der Waals surface area contributed by atoms with Crippen LogP contribution in [-0.2, 0) is 11.3 Å². The van der Waals surface area contributed by atoms with Gasteiger partial charge in [0.2, 0.25) is 0 Å². The highest BCUT2D eigenvalue weighted by Crippen LogP contribution is 2.26. The summed E-state index contributed by atoms with van der Waals surface area (Å²) < 4.78 is 8.13. The van der Waals surface area contributed by atoms with Gasteiger partial charge in [-0.2, -0.15) is 0 Å². The van der Waals surface area contributed by atoms with Crippen LogP contribution in [0.25, 0.3) is 10.9 Å². The number of alkyl carbamates (subject to hydrolysis) is 1. The Morgan fingerprint density at radius 2 is 2.14 bits per heavy atom. The van der Waals surface area contributed by atoms with Gasteiger partial charge in [0.05, 0.1) is 0 Å². The number of nitrogens with one attached hydrogen (secondary N) is 1. The maximum absolute atomic E-state index is 11.6. The van der Waals surface area contributed by atoms with Crippen molar-refractivity contribution in [2.24, 2.45) is 0 Å². The summed E-state index contributed by atoms with van der Waals surface area (Å²) in [6, 6.07) is 5.51. The predicted molar refractivity (Wildman–Crippen MR) is 89.3 cm³/mol. The van der Waals surface area contributed by atoms with Crippen LogP contribution in [0.2, 0.25) is 0 Å². The molecule has 0 aliphatic rings. The van der Waals surface area contributed by atoms with E-state index >= 15 is 0 Å². The van der Waals surface area contributed by atoms with Crippen molar-refractivity contribution in [2.75, 3.05) is 6.54 Å². The van der Waals surface area contributed by atoms with Crippen molar-refractivity contribution >= 4 is 39.2 Å². The normalized spacial score (nSPS) is 11.5. The van der Waals surface area contributed by atoms with Gasteiger partial charge in [0, 0.05) is 40.2 Å². The second kappa shape index (κ2) is 6.52. The van der Waals surface area contributed by atoms with Crippen LogP contribution < -0.4 is 5.32 Å². The first-order valence-corrected chi connectivity index (χ1v) is 7.80. The molecule has 5 nitrogen and oxygen atoms in total. The van der Waals surface area contributed by atoms with E-state index in [0.29, 0.717) is 18.7 Å². The molecule has 0 fully saturated rings. The topological polar surface area (TPSA) is 60.3 Å². The monoisotopic (exact) mass is 366 g/mol. The molecule has 1 aromatic heterocycles. The molecule has 0 unspecified atom stereocenters. The SMILES string of the molecule is CC(C)(C)OC(=O)NCCn1cc(Br)c2cc(C=O)ccc21. The third kappa shape index (κ3) is 4.10. The lowest BCUT2D eigenvalue weighted by molar-refractivity contribution is 0.0526. The van der Waals surface area contributed by atoms with Gasteiger partial charge in [-0.15, -0.1) is 0 Å². The number of hydrogen-bond donors (Lipinski definition) is 1.